The number of ketones is 1. The summed E-state index contributed by atoms with van der Waals surface area (Å²) in [6, 6.07) is 0. The van der Waals surface area contributed by atoms with Crippen molar-refractivity contribution in [2.24, 2.45) is 0 Å². The zero-order valence-corrected chi connectivity index (χ0v) is 9.95. The van der Waals surface area contributed by atoms with Gasteiger partial charge in [0, 0.05) is 0 Å². The fourth-order valence-electron chi connectivity index (χ4n) is 0.936. The summed E-state index contributed by atoms with van der Waals surface area (Å²) in [5, 5.41) is 1.61. The van der Waals surface area contributed by atoms with Gasteiger partial charge in [-0.1, -0.05) is 6.92 Å². The van der Waals surface area contributed by atoms with Gasteiger partial charge in [0.1, 0.15) is 0 Å². The van der Waals surface area contributed by atoms with Gasteiger partial charge in [-0.3, -0.25) is 9.59 Å². The van der Waals surface area contributed by atoms with Crippen molar-refractivity contribution in [1.29, 1.82) is 0 Å². The SMILES string of the molecule is CCC(C)(NC(=O)C(F)(F)C(F)F)C(=O)CCl. The molecule has 0 fully saturated rings. The second-order valence-electron chi connectivity index (χ2n) is 3.62. The maximum Gasteiger partial charge on any atom is 0.383 e. The molecule has 0 saturated carbocycles. The van der Waals surface area contributed by atoms with E-state index in [4.69, 9.17) is 11.6 Å². The van der Waals surface area contributed by atoms with E-state index in [1.807, 2.05) is 0 Å². The minimum atomic E-state index is -4.83. The van der Waals surface area contributed by atoms with Crippen molar-refractivity contribution in [2.45, 2.75) is 38.2 Å². The van der Waals surface area contributed by atoms with E-state index in [-0.39, 0.29) is 6.42 Å². The number of carbonyl (C=O) groups excluding carboxylic acids is 2. The number of amides is 1. The number of hydrogen-bond donors (Lipinski definition) is 1. The van der Waals surface area contributed by atoms with Crippen LogP contribution in [0.5, 0.6) is 0 Å². The van der Waals surface area contributed by atoms with Crippen LogP contribution in [0.4, 0.5) is 17.6 Å². The molecule has 1 N–H and O–H groups in total. The molecule has 0 aliphatic rings. The third-order valence-corrected chi connectivity index (χ3v) is 2.65. The minimum absolute atomic E-state index is 0.0381. The number of carbonyl (C=O) groups is 2. The Labute approximate surface area is 100 Å². The highest BCUT2D eigenvalue weighted by Crippen LogP contribution is 2.24. The third-order valence-electron chi connectivity index (χ3n) is 2.41. The van der Waals surface area contributed by atoms with Crippen LogP contribution in [0.2, 0.25) is 0 Å². The molecule has 100 valence electrons. The van der Waals surface area contributed by atoms with E-state index in [0.717, 1.165) is 6.92 Å². The van der Waals surface area contributed by atoms with E-state index in [2.05, 4.69) is 0 Å². The number of rotatable bonds is 6. The van der Waals surface area contributed by atoms with Crippen LogP contribution in [-0.4, -0.2) is 35.5 Å². The number of Topliss-reactive ketones (excluding diaryl/α,β-unsaturated/α-hetero) is 1. The standard InChI is InChI=1S/C9H12ClF4NO2/c1-3-8(2,5(16)4-10)15-7(17)9(13,14)6(11)12/h6H,3-4H2,1-2H3,(H,15,17). The summed E-state index contributed by atoms with van der Waals surface area (Å²) in [5.41, 5.74) is -1.67. The topological polar surface area (TPSA) is 46.2 Å². The minimum Gasteiger partial charge on any atom is -0.338 e. The van der Waals surface area contributed by atoms with E-state index in [9.17, 15) is 27.2 Å². The molecule has 0 rings (SSSR count). The summed E-state index contributed by atoms with van der Waals surface area (Å²) in [4.78, 5) is 22.3. The average Bonchev–Trinajstić information content (AvgIpc) is 2.27. The fourth-order valence-corrected chi connectivity index (χ4v) is 1.23. The molecule has 17 heavy (non-hydrogen) atoms. The monoisotopic (exact) mass is 277 g/mol. The van der Waals surface area contributed by atoms with Crippen LogP contribution in [0.1, 0.15) is 20.3 Å². The molecule has 0 aromatic rings. The van der Waals surface area contributed by atoms with Crippen molar-refractivity contribution < 1.29 is 27.2 Å². The van der Waals surface area contributed by atoms with Gasteiger partial charge in [0.15, 0.2) is 5.78 Å². The van der Waals surface area contributed by atoms with E-state index < -0.39 is 35.5 Å². The van der Waals surface area contributed by atoms with Crippen molar-refractivity contribution >= 4 is 23.3 Å². The highest BCUT2D eigenvalue weighted by molar-refractivity contribution is 6.29. The molecule has 0 bridgehead atoms. The molecule has 0 heterocycles. The van der Waals surface area contributed by atoms with Gasteiger partial charge < -0.3 is 5.32 Å². The highest BCUT2D eigenvalue weighted by atomic mass is 35.5. The first-order chi connectivity index (χ1) is 7.61. The molecule has 1 unspecified atom stereocenters. The largest absolute Gasteiger partial charge is 0.383 e. The molecule has 8 heteroatoms. The smallest absolute Gasteiger partial charge is 0.338 e. The molecular weight excluding hydrogens is 266 g/mol. The van der Waals surface area contributed by atoms with Crippen molar-refractivity contribution in [1.82, 2.24) is 5.32 Å². The van der Waals surface area contributed by atoms with Crippen molar-refractivity contribution in [2.75, 3.05) is 5.88 Å². The van der Waals surface area contributed by atoms with Gasteiger partial charge in [0.25, 0.3) is 5.91 Å². The Morgan fingerprint density at radius 2 is 1.82 bits per heavy atom. The van der Waals surface area contributed by atoms with E-state index in [1.165, 1.54) is 6.92 Å². The summed E-state index contributed by atoms with van der Waals surface area (Å²) in [6.07, 6.45) is -4.17. The lowest BCUT2D eigenvalue weighted by Crippen LogP contribution is -2.58. The van der Waals surface area contributed by atoms with Crippen LogP contribution < -0.4 is 5.32 Å². The molecule has 0 aromatic heterocycles. The molecular formula is C9H12ClF4NO2. The molecule has 3 nitrogen and oxygen atoms in total. The van der Waals surface area contributed by atoms with Crippen LogP contribution in [-0.2, 0) is 9.59 Å². The Morgan fingerprint density at radius 1 is 1.35 bits per heavy atom. The number of alkyl halides is 5. The molecule has 0 spiro atoms. The van der Waals surface area contributed by atoms with E-state index >= 15 is 0 Å². The molecule has 0 radical (unpaired) electrons. The summed E-state index contributed by atoms with van der Waals surface area (Å²) in [5.74, 6) is -8.25. The maximum absolute atomic E-state index is 12.7. The van der Waals surface area contributed by atoms with Gasteiger partial charge in [-0.25, -0.2) is 8.78 Å². The lowest BCUT2D eigenvalue weighted by Gasteiger charge is -2.29. The Morgan fingerprint density at radius 3 is 2.12 bits per heavy atom. The first-order valence-corrected chi connectivity index (χ1v) is 5.23. The van der Waals surface area contributed by atoms with E-state index in [1.54, 1.807) is 5.32 Å². The molecule has 1 atom stereocenters. The molecule has 0 aliphatic carbocycles. The van der Waals surface area contributed by atoms with Crippen molar-refractivity contribution in [3.8, 4) is 0 Å². The normalized spacial score (nSPS) is 15.5. The Kier molecular flexibility index (Phi) is 5.38. The fraction of sp³-hybridized carbons (Fsp3) is 0.778. The quantitative estimate of drug-likeness (QED) is 0.596. The Hall–Kier alpha value is -0.850. The van der Waals surface area contributed by atoms with Gasteiger partial charge >= 0.3 is 12.3 Å². The summed E-state index contributed by atoms with van der Waals surface area (Å²) >= 11 is 5.24. The van der Waals surface area contributed by atoms with Gasteiger partial charge in [0.2, 0.25) is 0 Å². The molecule has 1 amide bonds. The van der Waals surface area contributed by atoms with E-state index in [0.29, 0.717) is 0 Å². The number of nitrogens with one attached hydrogen (secondary N) is 1. The predicted molar refractivity (Wildman–Crippen MR) is 53.5 cm³/mol. The van der Waals surface area contributed by atoms with Crippen LogP contribution in [0, 0.1) is 0 Å². The first kappa shape index (κ1) is 16.1. The van der Waals surface area contributed by atoms with Gasteiger partial charge in [0.05, 0.1) is 11.4 Å². The lowest BCUT2D eigenvalue weighted by atomic mass is 9.93. The van der Waals surface area contributed by atoms with Crippen LogP contribution in [0.15, 0.2) is 0 Å². The second kappa shape index (κ2) is 5.66. The van der Waals surface area contributed by atoms with Crippen LogP contribution in [0.3, 0.4) is 0 Å². The number of hydrogen-bond acceptors (Lipinski definition) is 2. The van der Waals surface area contributed by atoms with Crippen LogP contribution in [0.25, 0.3) is 0 Å². The predicted octanol–water partition coefficient (Wildman–Crippen LogP) is 1.98. The van der Waals surface area contributed by atoms with Gasteiger partial charge in [-0.05, 0) is 13.3 Å². The summed E-state index contributed by atoms with van der Waals surface area (Å²) in [7, 11) is 0. The highest BCUT2D eigenvalue weighted by Gasteiger charge is 2.51. The van der Waals surface area contributed by atoms with Crippen LogP contribution >= 0.6 is 11.6 Å². The lowest BCUT2D eigenvalue weighted by molar-refractivity contribution is -0.172. The first-order valence-electron chi connectivity index (χ1n) is 4.69. The number of halogens is 5. The average molecular weight is 278 g/mol. The molecule has 0 saturated heterocycles. The Bertz CT molecular complexity index is 311. The second-order valence-corrected chi connectivity index (χ2v) is 3.89. The third kappa shape index (κ3) is 3.55. The maximum atomic E-state index is 12.7. The molecule has 0 aromatic carbocycles. The zero-order valence-electron chi connectivity index (χ0n) is 9.20. The molecule has 0 aliphatic heterocycles. The van der Waals surface area contributed by atoms with Crippen molar-refractivity contribution in [3.05, 3.63) is 0 Å². The van der Waals surface area contributed by atoms with Crippen molar-refractivity contribution in [3.63, 3.8) is 0 Å². The zero-order chi connectivity index (χ0) is 13.9. The van der Waals surface area contributed by atoms with Gasteiger partial charge in [-0.15, -0.1) is 11.6 Å². The Balaban J connectivity index is 4.93. The van der Waals surface area contributed by atoms with Gasteiger partial charge in [-0.2, -0.15) is 8.78 Å². The summed E-state index contributed by atoms with van der Waals surface area (Å²) in [6.45, 7) is 2.59. The summed E-state index contributed by atoms with van der Waals surface area (Å²) < 4.78 is 49.1.